The third-order valence-electron chi connectivity index (χ3n) is 9.51. The Bertz CT molecular complexity index is 745. The highest BCUT2D eigenvalue weighted by Gasteiger charge is 2.63. The number of carbonyl (C=O) groups is 1. The molecule has 4 saturated carbocycles. The lowest BCUT2D eigenvalue weighted by Gasteiger charge is -2.60. The van der Waals surface area contributed by atoms with Gasteiger partial charge >= 0.3 is 0 Å². The van der Waals surface area contributed by atoms with Crippen LogP contribution in [-0.2, 0) is 9.63 Å². The van der Waals surface area contributed by atoms with E-state index in [4.69, 9.17) is 4.84 Å². The summed E-state index contributed by atoms with van der Waals surface area (Å²) in [6, 6.07) is 0. The van der Waals surface area contributed by atoms with Crippen molar-refractivity contribution in [2.45, 2.75) is 77.5 Å². The summed E-state index contributed by atoms with van der Waals surface area (Å²) >= 11 is 0. The topological polar surface area (TPSA) is 50.7 Å². The van der Waals surface area contributed by atoms with E-state index in [0.717, 1.165) is 58.0 Å². The third kappa shape index (κ3) is 2.94. The average Bonchev–Trinajstić information content (AvgIpc) is 3.29. The van der Waals surface area contributed by atoms with Crippen molar-refractivity contribution >= 4 is 11.5 Å². The molecule has 0 bridgehead atoms. The molecule has 0 spiro atoms. The number of nitrogens with one attached hydrogen (secondary N) is 1. The quantitative estimate of drug-likeness (QED) is 0.548. The number of Topliss-reactive ketones (excluding diaryl/α,β-unsaturated/α-hetero) is 1. The molecule has 1 heterocycles. The van der Waals surface area contributed by atoms with Gasteiger partial charge in [0.2, 0.25) is 0 Å². The number of allylic oxidation sites excluding steroid dienone is 1. The number of fused-ring (bicyclic) bond motifs is 5. The predicted octanol–water partition coefficient (Wildman–Crippen LogP) is 4.45. The number of halogens is 1. The van der Waals surface area contributed by atoms with E-state index in [9.17, 15) is 9.18 Å². The summed E-state index contributed by atoms with van der Waals surface area (Å²) in [5.41, 5.74) is 2.21. The Morgan fingerprint density at radius 2 is 2.03 bits per heavy atom. The lowest BCUT2D eigenvalue weighted by Crippen LogP contribution is -2.54. The van der Waals surface area contributed by atoms with Crippen molar-refractivity contribution < 1.29 is 14.0 Å². The maximum atomic E-state index is 14.4. The van der Waals surface area contributed by atoms with Crippen LogP contribution in [0.5, 0.6) is 0 Å². The van der Waals surface area contributed by atoms with Gasteiger partial charge in [-0.3, -0.25) is 4.79 Å². The molecule has 5 heteroatoms. The second-order valence-corrected chi connectivity index (χ2v) is 10.9. The molecule has 0 aromatic rings. The summed E-state index contributed by atoms with van der Waals surface area (Å²) in [7, 11) is 0. The Morgan fingerprint density at radius 3 is 2.79 bits per heavy atom. The van der Waals surface area contributed by atoms with Crippen LogP contribution < -0.4 is 5.32 Å². The highest BCUT2D eigenvalue weighted by Crippen LogP contribution is 2.66. The van der Waals surface area contributed by atoms with Crippen LogP contribution >= 0.6 is 0 Å². The number of alkyl halides is 1. The molecule has 5 aliphatic rings. The van der Waals surface area contributed by atoms with Crippen molar-refractivity contribution in [3.8, 4) is 0 Å². The molecule has 160 valence electrons. The summed E-state index contributed by atoms with van der Waals surface area (Å²) in [6.07, 6.45) is 6.30. The number of nitrogens with zero attached hydrogens (tertiary/aromatic N) is 1. The third-order valence-corrected chi connectivity index (χ3v) is 9.51. The lowest BCUT2D eigenvalue weighted by molar-refractivity contribution is -0.136. The van der Waals surface area contributed by atoms with Gasteiger partial charge in [-0.05, 0) is 80.6 Å². The van der Waals surface area contributed by atoms with Crippen molar-refractivity contribution in [3.05, 3.63) is 12.2 Å². The highest BCUT2D eigenvalue weighted by molar-refractivity contribution is 5.91. The van der Waals surface area contributed by atoms with E-state index < -0.39 is 11.6 Å². The standard InChI is InChI=1S/C24H35FN2O2/c1-14-10-17-18(5-8-24(3)20(17)12-21(25)22(24)28)23(2)7-4-15(11-19(14)23)27-29-16-6-9-26-13-16/h16-21,26H,1,4-13H2,2-3H3. The number of hydrogen-bond donors (Lipinski definition) is 1. The molecule has 4 aliphatic carbocycles. The van der Waals surface area contributed by atoms with Gasteiger partial charge in [-0.25, -0.2) is 4.39 Å². The lowest BCUT2D eigenvalue weighted by atomic mass is 9.44. The van der Waals surface area contributed by atoms with E-state index in [2.05, 4.69) is 24.0 Å². The molecule has 1 aliphatic heterocycles. The summed E-state index contributed by atoms with van der Waals surface area (Å²) in [6.45, 7) is 10.9. The molecule has 1 saturated heterocycles. The summed E-state index contributed by atoms with van der Waals surface area (Å²) < 4.78 is 14.4. The molecular weight excluding hydrogens is 367 g/mol. The second-order valence-electron chi connectivity index (χ2n) is 10.9. The molecule has 0 radical (unpaired) electrons. The highest BCUT2D eigenvalue weighted by atomic mass is 19.1. The van der Waals surface area contributed by atoms with Crippen LogP contribution in [0.2, 0.25) is 0 Å². The summed E-state index contributed by atoms with van der Waals surface area (Å²) in [5.74, 6) is 1.47. The monoisotopic (exact) mass is 402 g/mol. The zero-order chi connectivity index (χ0) is 20.4. The first-order chi connectivity index (χ1) is 13.8. The fourth-order valence-corrected chi connectivity index (χ4v) is 7.75. The van der Waals surface area contributed by atoms with E-state index >= 15 is 0 Å². The van der Waals surface area contributed by atoms with Gasteiger partial charge < -0.3 is 10.2 Å². The zero-order valence-electron chi connectivity index (χ0n) is 17.9. The smallest absolute Gasteiger partial charge is 0.173 e. The van der Waals surface area contributed by atoms with Crippen LogP contribution in [0, 0.1) is 34.5 Å². The van der Waals surface area contributed by atoms with Crippen LogP contribution in [0.25, 0.3) is 0 Å². The summed E-state index contributed by atoms with van der Waals surface area (Å²) in [5, 5.41) is 7.87. The molecule has 0 aromatic heterocycles. The molecule has 4 nitrogen and oxygen atoms in total. The van der Waals surface area contributed by atoms with Gasteiger partial charge in [0.15, 0.2) is 12.0 Å². The van der Waals surface area contributed by atoms with Crippen LogP contribution in [0.3, 0.4) is 0 Å². The number of carbonyl (C=O) groups excluding carboxylic acids is 1. The first kappa shape index (κ1) is 19.7. The minimum Gasteiger partial charge on any atom is -0.391 e. The van der Waals surface area contributed by atoms with Crippen LogP contribution in [0.15, 0.2) is 17.3 Å². The van der Waals surface area contributed by atoms with Crippen LogP contribution in [0.1, 0.15) is 65.2 Å². The second kappa shape index (κ2) is 6.90. The van der Waals surface area contributed by atoms with E-state index in [0.29, 0.717) is 24.2 Å². The molecule has 29 heavy (non-hydrogen) atoms. The molecule has 5 rings (SSSR count). The van der Waals surface area contributed by atoms with Gasteiger partial charge in [0, 0.05) is 18.4 Å². The normalized spacial score (nSPS) is 50.9. The zero-order valence-corrected chi connectivity index (χ0v) is 17.9. The van der Waals surface area contributed by atoms with Crippen molar-refractivity contribution in [2.24, 2.45) is 39.7 Å². The molecule has 5 fully saturated rings. The van der Waals surface area contributed by atoms with Crippen LogP contribution in [0.4, 0.5) is 4.39 Å². The SMILES string of the molecule is C=C1CC2C3CC(F)C(=O)C3(C)CCC2C2(C)CCC(=NOC3CCNC3)CC12. The van der Waals surface area contributed by atoms with Crippen molar-refractivity contribution in [2.75, 3.05) is 13.1 Å². The van der Waals surface area contributed by atoms with E-state index in [1.807, 2.05) is 6.92 Å². The van der Waals surface area contributed by atoms with Crippen molar-refractivity contribution in [1.82, 2.24) is 5.32 Å². The maximum absolute atomic E-state index is 14.4. The molecular formula is C24H35FN2O2. The minimum absolute atomic E-state index is 0.129. The van der Waals surface area contributed by atoms with Crippen LogP contribution in [-0.4, -0.2) is 36.9 Å². The van der Waals surface area contributed by atoms with E-state index in [-0.39, 0.29) is 23.2 Å². The molecule has 1 N–H and O–H groups in total. The van der Waals surface area contributed by atoms with Gasteiger partial charge in [0.1, 0.15) is 6.10 Å². The molecule has 0 aromatic carbocycles. The molecule has 8 unspecified atom stereocenters. The Kier molecular flexibility index (Phi) is 4.69. The van der Waals surface area contributed by atoms with Gasteiger partial charge in [0.05, 0.1) is 5.71 Å². The number of rotatable bonds is 2. The Labute approximate surface area is 173 Å². The fraction of sp³-hybridized carbons (Fsp3) is 0.833. The number of oxime groups is 1. The van der Waals surface area contributed by atoms with Gasteiger partial charge in [-0.1, -0.05) is 31.2 Å². The number of hydrogen-bond acceptors (Lipinski definition) is 4. The van der Waals surface area contributed by atoms with E-state index in [1.54, 1.807) is 0 Å². The fourth-order valence-electron chi connectivity index (χ4n) is 7.75. The average molecular weight is 403 g/mol. The first-order valence-electron chi connectivity index (χ1n) is 11.6. The molecule has 8 atom stereocenters. The van der Waals surface area contributed by atoms with Gasteiger partial charge in [0.25, 0.3) is 0 Å². The Hall–Kier alpha value is -1.23. The van der Waals surface area contributed by atoms with Gasteiger partial charge in [-0.15, -0.1) is 0 Å². The first-order valence-corrected chi connectivity index (χ1v) is 11.6. The predicted molar refractivity (Wildman–Crippen MR) is 111 cm³/mol. The minimum atomic E-state index is -1.25. The van der Waals surface area contributed by atoms with Crippen molar-refractivity contribution in [3.63, 3.8) is 0 Å². The van der Waals surface area contributed by atoms with E-state index in [1.165, 1.54) is 11.3 Å². The summed E-state index contributed by atoms with van der Waals surface area (Å²) in [4.78, 5) is 18.4. The maximum Gasteiger partial charge on any atom is 0.173 e. The Balaban J connectivity index is 1.36. The largest absolute Gasteiger partial charge is 0.391 e. The van der Waals surface area contributed by atoms with Crippen molar-refractivity contribution in [1.29, 1.82) is 0 Å². The molecule has 0 amide bonds. The Morgan fingerprint density at radius 1 is 1.21 bits per heavy atom. The van der Waals surface area contributed by atoms with Gasteiger partial charge in [-0.2, -0.15) is 0 Å². The number of ketones is 1.